The van der Waals surface area contributed by atoms with Crippen LogP contribution in [0.2, 0.25) is 0 Å². The minimum Gasteiger partial charge on any atom is -0.505 e. The lowest BCUT2D eigenvalue weighted by Gasteiger charge is -1.98. The number of aromatic carboxylic acids is 2. The third-order valence-corrected chi connectivity index (χ3v) is 1.30. The zero-order chi connectivity index (χ0) is 10.0. The lowest BCUT2D eigenvalue weighted by atomic mass is 10.3. The Morgan fingerprint density at radius 2 is 1.77 bits per heavy atom. The van der Waals surface area contributed by atoms with Crippen molar-refractivity contribution >= 4 is 11.9 Å². The van der Waals surface area contributed by atoms with Gasteiger partial charge in [0.15, 0.2) is 5.69 Å². The van der Waals surface area contributed by atoms with E-state index in [0.29, 0.717) is 0 Å². The fourth-order valence-corrected chi connectivity index (χ4v) is 0.728. The SMILES string of the molecule is O=C(O)c1ccc(O)c(C(=O)O)n1. The fourth-order valence-electron chi connectivity index (χ4n) is 0.728. The van der Waals surface area contributed by atoms with Crippen molar-refractivity contribution < 1.29 is 24.9 Å². The van der Waals surface area contributed by atoms with Gasteiger partial charge in [-0.25, -0.2) is 14.6 Å². The summed E-state index contributed by atoms with van der Waals surface area (Å²) in [6, 6.07) is 1.99. The number of hydrogen-bond acceptors (Lipinski definition) is 4. The van der Waals surface area contributed by atoms with Gasteiger partial charge in [0.25, 0.3) is 0 Å². The molecule has 0 aromatic carbocycles. The Bertz CT molecular complexity index is 373. The van der Waals surface area contributed by atoms with E-state index in [4.69, 9.17) is 15.3 Å². The van der Waals surface area contributed by atoms with Crippen molar-refractivity contribution in [1.82, 2.24) is 4.98 Å². The van der Waals surface area contributed by atoms with Crippen LogP contribution in [-0.4, -0.2) is 32.2 Å². The van der Waals surface area contributed by atoms with Gasteiger partial charge in [-0.1, -0.05) is 0 Å². The van der Waals surface area contributed by atoms with Crippen LogP contribution in [0.4, 0.5) is 0 Å². The Balaban J connectivity index is 3.27. The molecule has 0 radical (unpaired) electrons. The Hall–Kier alpha value is -2.11. The van der Waals surface area contributed by atoms with E-state index >= 15 is 0 Å². The molecule has 0 saturated heterocycles. The molecule has 6 nitrogen and oxygen atoms in total. The van der Waals surface area contributed by atoms with E-state index in [9.17, 15) is 9.59 Å². The number of aromatic hydroxyl groups is 1. The first-order valence-electron chi connectivity index (χ1n) is 3.19. The predicted molar refractivity (Wildman–Crippen MR) is 39.8 cm³/mol. The molecule has 0 unspecified atom stereocenters. The first-order valence-corrected chi connectivity index (χ1v) is 3.19. The molecule has 0 amide bonds. The number of hydrogen-bond donors (Lipinski definition) is 3. The molecule has 1 heterocycles. The van der Waals surface area contributed by atoms with Crippen LogP contribution in [-0.2, 0) is 0 Å². The van der Waals surface area contributed by atoms with Crippen molar-refractivity contribution in [3.05, 3.63) is 23.5 Å². The second-order valence-electron chi connectivity index (χ2n) is 2.17. The second-order valence-corrected chi connectivity index (χ2v) is 2.17. The highest BCUT2D eigenvalue weighted by atomic mass is 16.4. The Labute approximate surface area is 72.1 Å². The normalized spacial score (nSPS) is 9.54. The molecule has 1 aromatic rings. The van der Waals surface area contributed by atoms with E-state index in [-0.39, 0.29) is 0 Å². The summed E-state index contributed by atoms with van der Waals surface area (Å²) in [6.07, 6.45) is 0. The molecule has 0 atom stereocenters. The quantitative estimate of drug-likeness (QED) is 0.603. The van der Waals surface area contributed by atoms with Gasteiger partial charge in [0.05, 0.1) is 0 Å². The summed E-state index contributed by atoms with van der Waals surface area (Å²) in [7, 11) is 0. The van der Waals surface area contributed by atoms with Gasteiger partial charge >= 0.3 is 11.9 Å². The molecule has 13 heavy (non-hydrogen) atoms. The molecular weight excluding hydrogens is 178 g/mol. The Morgan fingerprint density at radius 1 is 1.15 bits per heavy atom. The second kappa shape index (κ2) is 3.10. The van der Waals surface area contributed by atoms with Crippen molar-refractivity contribution in [3.8, 4) is 5.75 Å². The zero-order valence-electron chi connectivity index (χ0n) is 6.26. The van der Waals surface area contributed by atoms with Crippen LogP contribution in [0.1, 0.15) is 21.0 Å². The average Bonchev–Trinajstić information content (AvgIpc) is 2.04. The van der Waals surface area contributed by atoms with Crippen LogP contribution in [0.25, 0.3) is 0 Å². The van der Waals surface area contributed by atoms with Crippen molar-refractivity contribution in [2.45, 2.75) is 0 Å². The van der Waals surface area contributed by atoms with Crippen LogP contribution >= 0.6 is 0 Å². The summed E-state index contributed by atoms with van der Waals surface area (Å²) in [5.74, 6) is -3.37. The molecule has 68 valence electrons. The highest BCUT2D eigenvalue weighted by Crippen LogP contribution is 2.14. The van der Waals surface area contributed by atoms with Gasteiger partial charge in [0.2, 0.25) is 0 Å². The van der Waals surface area contributed by atoms with Crippen LogP contribution < -0.4 is 0 Å². The largest absolute Gasteiger partial charge is 0.505 e. The smallest absolute Gasteiger partial charge is 0.358 e. The van der Waals surface area contributed by atoms with Gasteiger partial charge < -0.3 is 15.3 Å². The lowest BCUT2D eigenvalue weighted by Crippen LogP contribution is -2.07. The standard InChI is InChI=1S/C7H5NO5/c9-4-2-1-3(6(10)11)8-5(4)7(12)13/h1-2,9H,(H,10,11)(H,12,13). The highest BCUT2D eigenvalue weighted by molar-refractivity contribution is 5.91. The molecule has 0 spiro atoms. The number of nitrogens with zero attached hydrogens (tertiary/aromatic N) is 1. The minimum absolute atomic E-state index is 0.421. The number of rotatable bonds is 2. The zero-order valence-corrected chi connectivity index (χ0v) is 6.26. The first-order chi connectivity index (χ1) is 6.02. The molecule has 3 N–H and O–H groups in total. The number of carboxylic acid groups (broad SMARTS) is 2. The molecule has 0 aliphatic heterocycles. The van der Waals surface area contributed by atoms with Gasteiger partial charge in [0.1, 0.15) is 11.4 Å². The Morgan fingerprint density at radius 3 is 2.23 bits per heavy atom. The monoisotopic (exact) mass is 183 g/mol. The van der Waals surface area contributed by atoms with E-state index in [1.807, 2.05) is 0 Å². The summed E-state index contributed by atoms with van der Waals surface area (Å²) in [6.45, 7) is 0. The third kappa shape index (κ3) is 1.73. The molecule has 0 fully saturated rings. The maximum absolute atomic E-state index is 10.4. The van der Waals surface area contributed by atoms with Crippen molar-refractivity contribution in [2.24, 2.45) is 0 Å². The summed E-state index contributed by atoms with van der Waals surface area (Å²) in [4.78, 5) is 24.0. The summed E-state index contributed by atoms with van der Waals surface area (Å²) >= 11 is 0. The van der Waals surface area contributed by atoms with Crippen molar-refractivity contribution in [2.75, 3.05) is 0 Å². The molecule has 0 bridgehead atoms. The number of pyridine rings is 1. The highest BCUT2D eigenvalue weighted by Gasteiger charge is 2.14. The van der Waals surface area contributed by atoms with E-state index in [1.54, 1.807) is 0 Å². The van der Waals surface area contributed by atoms with E-state index in [2.05, 4.69) is 4.98 Å². The van der Waals surface area contributed by atoms with E-state index < -0.39 is 29.1 Å². The summed E-state index contributed by atoms with van der Waals surface area (Å²) < 4.78 is 0. The first kappa shape index (κ1) is 8.98. The van der Waals surface area contributed by atoms with Crippen LogP contribution in [0, 0.1) is 0 Å². The van der Waals surface area contributed by atoms with E-state index in [0.717, 1.165) is 12.1 Å². The third-order valence-electron chi connectivity index (χ3n) is 1.30. The predicted octanol–water partition coefficient (Wildman–Crippen LogP) is 0.184. The minimum atomic E-state index is -1.47. The van der Waals surface area contributed by atoms with Gasteiger partial charge in [-0.2, -0.15) is 0 Å². The fraction of sp³-hybridized carbons (Fsp3) is 0. The van der Waals surface area contributed by atoms with Gasteiger partial charge in [-0.3, -0.25) is 0 Å². The number of aromatic nitrogens is 1. The van der Waals surface area contributed by atoms with Crippen LogP contribution in [0.15, 0.2) is 12.1 Å². The molecule has 1 rings (SSSR count). The van der Waals surface area contributed by atoms with Crippen LogP contribution in [0.3, 0.4) is 0 Å². The van der Waals surface area contributed by atoms with Crippen molar-refractivity contribution in [3.63, 3.8) is 0 Å². The molecule has 0 saturated carbocycles. The van der Waals surface area contributed by atoms with Gasteiger partial charge in [-0.05, 0) is 12.1 Å². The number of carbonyl (C=O) groups is 2. The van der Waals surface area contributed by atoms with E-state index in [1.165, 1.54) is 0 Å². The molecular formula is C7H5NO5. The van der Waals surface area contributed by atoms with Gasteiger partial charge in [-0.15, -0.1) is 0 Å². The molecule has 6 heteroatoms. The van der Waals surface area contributed by atoms with Crippen molar-refractivity contribution in [1.29, 1.82) is 0 Å². The topological polar surface area (TPSA) is 108 Å². The average molecular weight is 183 g/mol. The van der Waals surface area contributed by atoms with Gasteiger partial charge in [0, 0.05) is 0 Å². The lowest BCUT2D eigenvalue weighted by molar-refractivity contribution is 0.0682. The molecule has 0 aliphatic rings. The molecule has 0 aliphatic carbocycles. The summed E-state index contributed by atoms with van der Waals surface area (Å²) in [5, 5.41) is 25.9. The summed E-state index contributed by atoms with van der Waals surface area (Å²) in [5.41, 5.74) is -1.09. The van der Waals surface area contributed by atoms with Crippen LogP contribution in [0.5, 0.6) is 5.75 Å². The number of carboxylic acids is 2. The maximum atomic E-state index is 10.4. The Kier molecular flexibility index (Phi) is 2.14. The maximum Gasteiger partial charge on any atom is 0.358 e. The molecule has 1 aromatic heterocycles.